The van der Waals surface area contributed by atoms with E-state index in [1.165, 1.54) is 24.0 Å². The van der Waals surface area contributed by atoms with Crippen LogP contribution in [0.25, 0.3) is 0 Å². The van der Waals surface area contributed by atoms with Crippen LogP contribution in [0.1, 0.15) is 69.0 Å². The third-order valence-corrected chi connectivity index (χ3v) is 5.88. The summed E-state index contributed by atoms with van der Waals surface area (Å²) in [6.07, 6.45) is 4.86. The summed E-state index contributed by atoms with van der Waals surface area (Å²) in [7, 11) is 0. The molecule has 3 aliphatic rings. The zero-order valence-electron chi connectivity index (χ0n) is 15.0. The summed E-state index contributed by atoms with van der Waals surface area (Å²) in [5.74, 6) is 0.588. The van der Waals surface area contributed by atoms with Gasteiger partial charge in [0.05, 0.1) is 24.7 Å². The van der Waals surface area contributed by atoms with E-state index in [0.29, 0.717) is 0 Å². The van der Waals surface area contributed by atoms with Gasteiger partial charge in [0.15, 0.2) is 0 Å². The van der Waals surface area contributed by atoms with Crippen LogP contribution in [0, 0.1) is 5.41 Å². The molecule has 0 bridgehead atoms. The van der Waals surface area contributed by atoms with Crippen LogP contribution < -0.4 is 16.0 Å². The number of carbonyl (C=O) groups is 2. The maximum Gasteiger partial charge on any atom is 0.238 e. The third kappa shape index (κ3) is 3.56. The molecule has 0 aromatic heterocycles. The van der Waals surface area contributed by atoms with Gasteiger partial charge in [-0.05, 0) is 55.1 Å². The fourth-order valence-electron chi connectivity index (χ4n) is 3.82. The average Bonchev–Trinajstić information content (AvgIpc) is 3.48. The van der Waals surface area contributed by atoms with Crippen LogP contribution in [-0.2, 0) is 9.59 Å². The summed E-state index contributed by atoms with van der Waals surface area (Å²) in [6, 6.07) is 8.32. The van der Waals surface area contributed by atoms with Crippen molar-refractivity contribution in [3.63, 3.8) is 0 Å². The van der Waals surface area contributed by atoms with Crippen molar-refractivity contribution in [3.05, 3.63) is 35.4 Å². The SMILES string of the molecule is CC1NC(=O)CC(C(=O)N[C@@H](c2ccc(C3CC3)cc2)C2(C)CC2)N1. The van der Waals surface area contributed by atoms with E-state index in [2.05, 4.69) is 47.1 Å². The lowest BCUT2D eigenvalue weighted by Crippen LogP contribution is -2.60. The van der Waals surface area contributed by atoms with E-state index in [-0.39, 0.29) is 35.9 Å². The van der Waals surface area contributed by atoms with Gasteiger partial charge in [-0.1, -0.05) is 31.2 Å². The lowest BCUT2D eigenvalue weighted by atomic mass is 9.90. The van der Waals surface area contributed by atoms with Crippen LogP contribution in [0.4, 0.5) is 0 Å². The molecule has 5 heteroatoms. The Morgan fingerprint density at radius 2 is 1.92 bits per heavy atom. The highest BCUT2D eigenvalue weighted by Gasteiger charge is 2.47. The smallest absolute Gasteiger partial charge is 0.238 e. The van der Waals surface area contributed by atoms with Gasteiger partial charge in [-0.15, -0.1) is 0 Å². The average molecular weight is 341 g/mol. The summed E-state index contributed by atoms with van der Waals surface area (Å²) >= 11 is 0. The number of nitrogens with one attached hydrogen (secondary N) is 3. The molecule has 1 saturated heterocycles. The Morgan fingerprint density at radius 1 is 1.24 bits per heavy atom. The molecule has 1 heterocycles. The van der Waals surface area contributed by atoms with Gasteiger partial charge in [-0.3, -0.25) is 14.9 Å². The molecular formula is C20H27N3O2. The first-order valence-electron chi connectivity index (χ1n) is 9.40. The largest absolute Gasteiger partial charge is 0.347 e. The molecule has 1 aromatic carbocycles. The molecule has 25 heavy (non-hydrogen) atoms. The minimum Gasteiger partial charge on any atom is -0.347 e. The van der Waals surface area contributed by atoms with Gasteiger partial charge in [0.2, 0.25) is 11.8 Å². The molecule has 3 N–H and O–H groups in total. The monoisotopic (exact) mass is 341 g/mol. The van der Waals surface area contributed by atoms with Crippen molar-refractivity contribution in [2.24, 2.45) is 5.41 Å². The number of carbonyl (C=O) groups excluding carboxylic acids is 2. The molecule has 5 nitrogen and oxygen atoms in total. The second-order valence-electron chi connectivity index (χ2n) is 8.25. The Morgan fingerprint density at radius 3 is 2.48 bits per heavy atom. The first kappa shape index (κ1) is 16.6. The molecule has 1 aromatic rings. The highest BCUT2D eigenvalue weighted by Crippen LogP contribution is 2.54. The Bertz CT molecular complexity index is 677. The summed E-state index contributed by atoms with van der Waals surface area (Å²) in [5.41, 5.74) is 2.71. The predicted molar refractivity (Wildman–Crippen MR) is 95.8 cm³/mol. The van der Waals surface area contributed by atoms with E-state index in [4.69, 9.17) is 0 Å². The number of hydrogen-bond acceptors (Lipinski definition) is 3. The first-order valence-corrected chi connectivity index (χ1v) is 9.40. The van der Waals surface area contributed by atoms with E-state index in [9.17, 15) is 9.59 Å². The van der Waals surface area contributed by atoms with Crippen molar-refractivity contribution in [3.8, 4) is 0 Å². The zero-order chi connectivity index (χ0) is 17.6. The maximum absolute atomic E-state index is 12.8. The van der Waals surface area contributed by atoms with E-state index < -0.39 is 6.04 Å². The Labute approximate surface area is 148 Å². The zero-order valence-corrected chi connectivity index (χ0v) is 15.0. The summed E-state index contributed by atoms with van der Waals surface area (Å²) in [6.45, 7) is 4.09. The van der Waals surface area contributed by atoms with E-state index in [0.717, 1.165) is 18.8 Å². The second kappa shape index (κ2) is 6.13. The molecule has 2 unspecified atom stereocenters. The lowest BCUT2D eigenvalue weighted by molar-refractivity contribution is -0.132. The lowest BCUT2D eigenvalue weighted by Gasteiger charge is -2.32. The molecule has 0 radical (unpaired) electrons. The molecule has 3 atom stereocenters. The van der Waals surface area contributed by atoms with Crippen LogP contribution in [0.3, 0.4) is 0 Å². The highest BCUT2D eigenvalue weighted by atomic mass is 16.2. The van der Waals surface area contributed by atoms with Crippen LogP contribution >= 0.6 is 0 Å². The normalized spacial score (nSPS) is 28.8. The van der Waals surface area contributed by atoms with Gasteiger partial charge in [-0.25, -0.2) is 0 Å². The van der Waals surface area contributed by atoms with Crippen molar-refractivity contribution in [1.29, 1.82) is 0 Å². The summed E-state index contributed by atoms with van der Waals surface area (Å²) < 4.78 is 0. The topological polar surface area (TPSA) is 70.2 Å². The maximum atomic E-state index is 12.8. The van der Waals surface area contributed by atoms with Crippen molar-refractivity contribution >= 4 is 11.8 Å². The number of amides is 2. The van der Waals surface area contributed by atoms with Gasteiger partial charge in [-0.2, -0.15) is 0 Å². The fourth-order valence-corrected chi connectivity index (χ4v) is 3.82. The van der Waals surface area contributed by atoms with Crippen molar-refractivity contribution in [1.82, 2.24) is 16.0 Å². The van der Waals surface area contributed by atoms with Crippen LogP contribution in [-0.4, -0.2) is 24.0 Å². The predicted octanol–water partition coefficient (Wildman–Crippen LogP) is 2.35. The van der Waals surface area contributed by atoms with E-state index >= 15 is 0 Å². The van der Waals surface area contributed by atoms with Crippen LogP contribution in [0.2, 0.25) is 0 Å². The van der Waals surface area contributed by atoms with Crippen LogP contribution in [0.5, 0.6) is 0 Å². The van der Waals surface area contributed by atoms with E-state index in [1.807, 2.05) is 6.92 Å². The van der Waals surface area contributed by atoms with Gasteiger partial charge >= 0.3 is 0 Å². The summed E-state index contributed by atoms with van der Waals surface area (Å²) in [5, 5.41) is 9.18. The van der Waals surface area contributed by atoms with Crippen molar-refractivity contribution in [2.45, 2.75) is 70.1 Å². The number of benzene rings is 1. The molecular weight excluding hydrogens is 314 g/mol. The minimum atomic E-state index is -0.459. The number of rotatable bonds is 5. The molecule has 0 spiro atoms. The second-order valence-corrected chi connectivity index (χ2v) is 8.25. The molecule has 2 saturated carbocycles. The van der Waals surface area contributed by atoms with Crippen molar-refractivity contribution < 1.29 is 9.59 Å². The Hall–Kier alpha value is -1.88. The quantitative estimate of drug-likeness (QED) is 0.770. The molecule has 2 aliphatic carbocycles. The first-order chi connectivity index (χ1) is 11.9. The highest BCUT2D eigenvalue weighted by molar-refractivity contribution is 5.89. The third-order valence-electron chi connectivity index (χ3n) is 5.88. The van der Waals surface area contributed by atoms with Crippen LogP contribution in [0.15, 0.2) is 24.3 Å². The van der Waals surface area contributed by atoms with Crippen molar-refractivity contribution in [2.75, 3.05) is 0 Å². The Kier molecular flexibility index (Phi) is 4.07. The Balaban J connectivity index is 1.49. The molecule has 3 fully saturated rings. The molecule has 134 valence electrons. The van der Waals surface area contributed by atoms with Gasteiger partial charge < -0.3 is 10.6 Å². The molecule has 2 amide bonds. The fraction of sp³-hybridized carbons (Fsp3) is 0.600. The van der Waals surface area contributed by atoms with Gasteiger partial charge in [0.25, 0.3) is 0 Å². The summed E-state index contributed by atoms with van der Waals surface area (Å²) in [4.78, 5) is 24.5. The van der Waals surface area contributed by atoms with Gasteiger partial charge in [0.1, 0.15) is 0 Å². The molecule has 4 rings (SSSR count). The minimum absolute atomic E-state index is 0.00958. The standard InChI is InChI=1S/C20H27N3O2/c1-12-21-16(11-17(24)22-12)19(25)23-18(20(2)9-10-20)15-7-5-14(6-8-15)13-3-4-13/h5-8,12-13,16,18,21H,3-4,9-11H2,1-2H3,(H,22,24)(H,23,25)/t12?,16?,18-/m0/s1. The molecule has 1 aliphatic heterocycles. The van der Waals surface area contributed by atoms with E-state index in [1.54, 1.807) is 0 Å². The van der Waals surface area contributed by atoms with Gasteiger partial charge in [0, 0.05) is 0 Å². The number of hydrogen-bond donors (Lipinski definition) is 3.